The number of aliphatic carboxylic acids is 1. The summed E-state index contributed by atoms with van der Waals surface area (Å²) in [5, 5.41) is 9.53. The van der Waals surface area contributed by atoms with Crippen LogP contribution in [0.15, 0.2) is 29.1 Å². The number of fused-ring (bicyclic) bond motifs is 1. The Morgan fingerprint density at radius 3 is 2.83 bits per heavy atom. The number of hydrogen-bond acceptors (Lipinski definition) is 3. The van der Waals surface area contributed by atoms with E-state index < -0.39 is 5.97 Å². The van der Waals surface area contributed by atoms with Crippen molar-refractivity contribution in [2.75, 3.05) is 0 Å². The molecule has 0 radical (unpaired) electrons. The molecule has 0 aliphatic rings. The van der Waals surface area contributed by atoms with Crippen LogP contribution in [0.1, 0.15) is 19.8 Å². The van der Waals surface area contributed by atoms with E-state index in [2.05, 4.69) is 0 Å². The van der Waals surface area contributed by atoms with Crippen LogP contribution in [-0.4, -0.2) is 15.0 Å². The van der Waals surface area contributed by atoms with Crippen LogP contribution in [0.5, 0.6) is 0 Å². The summed E-state index contributed by atoms with van der Waals surface area (Å²) >= 11 is 1.44. The molecule has 1 atom stereocenters. The van der Waals surface area contributed by atoms with Gasteiger partial charge in [-0.15, -0.1) is 0 Å². The van der Waals surface area contributed by atoms with Crippen molar-refractivity contribution in [2.45, 2.75) is 26.3 Å². The fourth-order valence-corrected chi connectivity index (χ4v) is 2.86. The molecule has 0 amide bonds. The number of carbonyl (C=O) groups is 1. The lowest BCUT2D eigenvalue weighted by Crippen LogP contribution is -2.15. The van der Waals surface area contributed by atoms with Gasteiger partial charge >= 0.3 is 5.97 Å². The van der Waals surface area contributed by atoms with Crippen LogP contribution in [0.25, 0.3) is 10.1 Å². The first kappa shape index (κ1) is 12.8. The van der Waals surface area contributed by atoms with Crippen LogP contribution < -0.4 is 5.56 Å². The molecule has 1 aromatic heterocycles. The van der Waals surface area contributed by atoms with Crippen LogP contribution in [0.4, 0.5) is 0 Å². The van der Waals surface area contributed by atoms with Crippen LogP contribution >= 0.6 is 11.5 Å². The van der Waals surface area contributed by atoms with Gasteiger partial charge in [-0.2, -0.15) is 0 Å². The van der Waals surface area contributed by atoms with Gasteiger partial charge in [0.2, 0.25) is 0 Å². The molecule has 0 bridgehead atoms. The highest BCUT2D eigenvalue weighted by atomic mass is 32.1. The molecule has 1 heterocycles. The quantitative estimate of drug-likeness (QED) is 0.903. The number of rotatable bonds is 5. The van der Waals surface area contributed by atoms with Crippen molar-refractivity contribution >= 4 is 27.6 Å². The van der Waals surface area contributed by atoms with Crippen molar-refractivity contribution in [1.29, 1.82) is 0 Å². The van der Waals surface area contributed by atoms with Gasteiger partial charge in [0, 0.05) is 6.54 Å². The van der Waals surface area contributed by atoms with E-state index in [1.807, 2.05) is 24.3 Å². The van der Waals surface area contributed by atoms with E-state index in [1.165, 1.54) is 11.5 Å². The summed E-state index contributed by atoms with van der Waals surface area (Å²) in [5.41, 5.74) is 0.0265. The van der Waals surface area contributed by atoms with E-state index in [-0.39, 0.29) is 11.5 Å². The van der Waals surface area contributed by atoms with Crippen molar-refractivity contribution in [1.82, 2.24) is 3.96 Å². The first-order valence-corrected chi connectivity index (χ1v) is 6.68. The third-order valence-electron chi connectivity index (χ3n) is 2.97. The van der Waals surface area contributed by atoms with Crippen molar-refractivity contribution in [2.24, 2.45) is 5.92 Å². The molecular formula is C13H15NO3S. The number of benzene rings is 1. The maximum absolute atomic E-state index is 12.0. The lowest BCUT2D eigenvalue weighted by atomic mass is 10.1. The molecule has 0 saturated carbocycles. The van der Waals surface area contributed by atoms with Crippen LogP contribution in [-0.2, 0) is 11.3 Å². The average molecular weight is 265 g/mol. The van der Waals surface area contributed by atoms with Gasteiger partial charge in [-0.05, 0) is 25.0 Å². The highest BCUT2D eigenvalue weighted by Gasteiger charge is 2.11. The zero-order chi connectivity index (χ0) is 13.1. The molecule has 1 N–H and O–H groups in total. The lowest BCUT2D eigenvalue weighted by Gasteiger charge is -2.05. The predicted octanol–water partition coefficient (Wildman–Crippen LogP) is 2.56. The average Bonchev–Trinajstić information content (AvgIpc) is 2.67. The summed E-state index contributed by atoms with van der Waals surface area (Å²) in [7, 11) is 0. The van der Waals surface area contributed by atoms with Gasteiger partial charge in [0.15, 0.2) is 0 Å². The van der Waals surface area contributed by atoms with Crippen LogP contribution in [0.3, 0.4) is 0 Å². The molecule has 2 rings (SSSR count). The third-order valence-corrected chi connectivity index (χ3v) is 4.09. The number of nitrogens with zero attached hydrogens (tertiary/aromatic N) is 1. The number of carboxylic acid groups (broad SMARTS) is 1. The summed E-state index contributed by atoms with van der Waals surface area (Å²) in [5.74, 6) is -1.13. The Morgan fingerprint density at radius 2 is 2.17 bits per heavy atom. The molecule has 2 aromatic rings. The molecule has 0 fully saturated rings. The first-order chi connectivity index (χ1) is 8.59. The summed E-state index contributed by atoms with van der Waals surface area (Å²) in [6.45, 7) is 2.28. The van der Waals surface area contributed by atoms with E-state index in [0.717, 1.165) is 10.1 Å². The van der Waals surface area contributed by atoms with Crippen molar-refractivity contribution in [3.8, 4) is 0 Å². The number of hydrogen-bond donors (Lipinski definition) is 1. The second kappa shape index (κ2) is 5.35. The number of carboxylic acids is 1. The number of aryl methyl sites for hydroxylation is 1. The molecule has 4 nitrogen and oxygen atoms in total. The SMILES string of the molecule is CC(CCCn1sc2ccccc2c1=O)C(=O)O. The molecule has 0 aliphatic carbocycles. The summed E-state index contributed by atoms with van der Waals surface area (Å²) in [4.78, 5) is 22.7. The number of aromatic nitrogens is 1. The Hall–Kier alpha value is -1.62. The van der Waals surface area contributed by atoms with Crippen molar-refractivity contribution in [3.63, 3.8) is 0 Å². The van der Waals surface area contributed by atoms with Gasteiger partial charge in [-0.3, -0.25) is 13.5 Å². The molecule has 5 heteroatoms. The van der Waals surface area contributed by atoms with Gasteiger partial charge in [0.1, 0.15) is 0 Å². The van der Waals surface area contributed by atoms with Crippen molar-refractivity contribution in [3.05, 3.63) is 34.6 Å². The second-order valence-corrected chi connectivity index (χ2v) is 5.44. The van der Waals surface area contributed by atoms with E-state index in [4.69, 9.17) is 5.11 Å². The second-order valence-electron chi connectivity index (χ2n) is 4.38. The molecule has 1 unspecified atom stereocenters. The highest BCUT2D eigenvalue weighted by molar-refractivity contribution is 7.13. The molecule has 0 saturated heterocycles. The Morgan fingerprint density at radius 1 is 1.44 bits per heavy atom. The molecule has 0 spiro atoms. The van der Waals surface area contributed by atoms with Crippen LogP contribution in [0.2, 0.25) is 0 Å². The minimum Gasteiger partial charge on any atom is -0.481 e. The smallest absolute Gasteiger partial charge is 0.306 e. The molecular weight excluding hydrogens is 250 g/mol. The zero-order valence-corrected chi connectivity index (χ0v) is 10.9. The van der Waals surface area contributed by atoms with E-state index in [9.17, 15) is 9.59 Å². The Balaban J connectivity index is 2.06. The third kappa shape index (κ3) is 2.61. The molecule has 1 aromatic carbocycles. The van der Waals surface area contributed by atoms with E-state index in [0.29, 0.717) is 19.4 Å². The normalized spacial score (nSPS) is 12.7. The first-order valence-electron chi connectivity index (χ1n) is 5.91. The zero-order valence-electron chi connectivity index (χ0n) is 10.1. The minimum absolute atomic E-state index is 0.0265. The Labute approximate surface area is 109 Å². The van der Waals surface area contributed by atoms with E-state index in [1.54, 1.807) is 10.9 Å². The fraction of sp³-hybridized carbons (Fsp3) is 0.385. The van der Waals surface area contributed by atoms with Gasteiger partial charge in [0.05, 0.1) is 16.0 Å². The van der Waals surface area contributed by atoms with Gasteiger partial charge in [-0.25, -0.2) is 0 Å². The van der Waals surface area contributed by atoms with Gasteiger partial charge in [0.25, 0.3) is 5.56 Å². The summed E-state index contributed by atoms with van der Waals surface area (Å²) in [6, 6.07) is 7.52. The summed E-state index contributed by atoms with van der Waals surface area (Å²) in [6.07, 6.45) is 1.30. The largest absolute Gasteiger partial charge is 0.481 e. The highest BCUT2D eigenvalue weighted by Crippen LogP contribution is 2.17. The molecule has 96 valence electrons. The Kier molecular flexibility index (Phi) is 3.81. The molecule has 0 aliphatic heterocycles. The van der Waals surface area contributed by atoms with Gasteiger partial charge in [-0.1, -0.05) is 30.6 Å². The standard InChI is InChI=1S/C13H15NO3S/c1-9(13(16)17)5-4-8-14-12(15)10-6-2-3-7-11(10)18-14/h2-3,6-7,9H,4-5,8H2,1H3,(H,16,17). The van der Waals surface area contributed by atoms with Crippen molar-refractivity contribution < 1.29 is 9.90 Å². The topological polar surface area (TPSA) is 59.3 Å². The lowest BCUT2D eigenvalue weighted by molar-refractivity contribution is -0.141. The fourth-order valence-electron chi connectivity index (χ4n) is 1.83. The minimum atomic E-state index is -0.779. The van der Waals surface area contributed by atoms with Gasteiger partial charge < -0.3 is 5.11 Å². The molecule has 18 heavy (non-hydrogen) atoms. The maximum Gasteiger partial charge on any atom is 0.306 e. The summed E-state index contributed by atoms with van der Waals surface area (Å²) < 4.78 is 2.69. The maximum atomic E-state index is 12.0. The predicted molar refractivity (Wildman–Crippen MR) is 72.1 cm³/mol. The van der Waals surface area contributed by atoms with Crippen LogP contribution in [0, 0.1) is 5.92 Å². The van der Waals surface area contributed by atoms with E-state index >= 15 is 0 Å². The monoisotopic (exact) mass is 265 g/mol. The Bertz CT molecular complexity index is 614.